The molecule has 1 N–H and O–H groups in total. The smallest absolute Gasteiger partial charge is 0.322 e. The SMILES string of the molecule is CC1Cc2ccccc2N1C(=O)NCCCOc1ccc(Br)cc1Cl. The first-order valence-corrected chi connectivity index (χ1v) is 9.46. The Morgan fingerprint density at radius 3 is 2.96 bits per heavy atom. The zero-order valence-electron chi connectivity index (χ0n) is 14.0. The molecule has 0 radical (unpaired) electrons. The number of para-hydroxylation sites is 1. The number of halogens is 2. The van der Waals surface area contributed by atoms with Gasteiger partial charge in [0.15, 0.2) is 0 Å². The van der Waals surface area contributed by atoms with Gasteiger partial charge in [0, 0.05) is 22.7 Å². The summed E-state index contributed by atoms with van der Waals surface area (Å²) in [6.07, 6.45) is 1.61. The maximum Gasteiger partial charge on any atom is 0.322 e. The van der Waals surface area contributed by atoms with Crippen molar-refractivity contribution in [3.05, 3.63) is 57.5 Å². The van der Waals surface area contributed by atoms with E-state index in [9.17, 15) is 4.79 Å². The number of carbonyl (C=O) groups is 1. The zero-order chi connectivity index (χ0) is 17.8. The number of anilines is 1. The predicted molar refractivity (Wildman–Crippen MR) is 105 cm³/mol. The van der Waals surface area contributed by atoms with Crippen molar-refractivity contribution in [2.75, 3.05) is 18.1 Å². The molecule has 1 atom stereocenters. The lowest BCUT2D eigenvalue weighted by molar-refractivity contribution is 0.243. The number of nitrogens with zero attached hydrogens (tertiary/aromatic N) is 1. The molecule has 0 saturated heterocycles. The second kappa shape index (κ2) is 8.11. The number of carbonyl (C=O) groups excluding carboxylic acids is 1. The van der Waals surface area contributed by atoms with Crippen LogP contribution in [0.25, 0.3) is 0 Å². The largest absolute Gasteiger partial charge is 0.492 e. The number of rotatable bonds is 5. The molecule has 1 unspecified atom stereocenters. The van der Waals surface area contributed by atoms with Crippen LogP contribution in [-0.2, 0) is 6.42 Å². The highest BCUT2D eigenvalue weighted by Crippen LogP contribution is 2.31. The monoisotopic (exact) mass is 422 g/mol. The molecule has 1 aliphatic heterocycles. The molecule has 6 heteroatoms. The summed E-state index contributed by atoms with van der Waals surface area (Å²) in [6.45, 7) is 3.12. The van der Waals surface area contributed by atoms with E-state index in [1.165, 1.54) is 5.56 Å². The number of amides is 2. The third kappa shape index (κ3) is 4.28. The van der Waals surface area contributed by atoms with Crippen LogP contribution >= 0.6 is 27.5 Å². The van der Waals surface area contributed by atoms with Gasteiger partial charge in [-0.3, -0.25) is 4.90 Å². The molecule has 0 fully saturated rings. The van der Waals surface area contributed by atoms with Crippen LogP contribution < -0.4 is 15.0 Å². The van der Waals surface area contributed by atoms with Crippen molar-refractivity contribution < 1.29 is 9.53 Å². The van der Waals surface area contributed by atoms with Crippen molar-refractivity contribution in [1.82, 2.24) is 5.32 Å². The van der Waals surface area contributed by atoms with Crippen LogP contribution in [0.2, 0.25) is 5.02 Å². The second-order valence-corrected chi connectivity index (χ2v) is 7.38. The quantitative estimate of drug-likeness (QED) is 0.685. The van der Waals surface area contributed by atoms with Gasteiger partial charge in [0.05, 0.1) is 11.6 Å². The first-order chi connectivity index (χ1) is 12.1. The van der Waals surface area contributed by atoms with Gasteiger partial charge in [0.2, 0.25) is 0 Å². The van der Waals surface area contributed by atoms with Gasteiger partial charge < -0.3 is 10.1 Å². The maximum atomic E-state index is 12.5. The molecule has 3 rings (SSSR count). The van der Waals surface area contributed by atoms with Gasteiger partial charge in [0.25, 0.3) is 0 Å². The summed E-state index contributed by atoms with van der Waals surface area (Å²) in [5.74, 6) is 0.651. The Hall–Kier alpha value is -1.72. The standard InChI is InChI=1S/C19H20BrClN2O2/c1-13-11-14-5-2-3-6-17(14)23(13)19(24)22-9-4-10-25-18-8-7-15(20)12-16(18)21/h2-3,5-8,12-13H,4,9-11H2,1H3,(H,22,24). The average molecular weight is 424 g/mol. The van der Waals surface area contributed by atoms with Gasteiger partial charge in [-0.1, -0.05) is 45.7 Å². The van der Waals surface area contributed by atoms with E-state index in [4.69, 9.17) is 16.3 Å². The van der Waals surface area contributed by atoms with Crippen LogP contribution in [0, 0.1) is 0 Å². The number of ether oxygens (including phenoxy) is 1. The van der Waals surface area contributed by atoms with Crippen LogP contribution in [0.3, 0.4) is 0 Å². The summed E-state index contributed by atoms with van der Waals surface area (Å²) in [5.41, 5.74) is 2.23. The molecule has 0 bridgehead atoms. The fourth-order valence-electron chi connectivity index (χ4n) is 3.00. The van der Waals surface area contributed by atoms with Crippen LogP contribution in [0.4, 0.5) is 10.5 Å². The molecular formula is C19H20BrClN2O2. The van der Waals surface area contributed by atoms with E-state index in [1.807, 2.05) is 35.2 Å². The molecule has 2 aromatic carbocycles. The Balaban J connectivity index is 1.45. The molecule has 0 spiro atoms. The third-order valence-electron chi connectivity index (χ3n) is 4.17. The predicted octanol–water partition coefficient (Wildman–Crippen LogP) is 5.03. The summed E-state index contributed by atoms with van der Waals surface area (Å²) < 4.78 is 6.57. The second-order valence-electron chi connectivity index (χ2n) is 6.06. The van der Waals surface area contributed by atoms with Gasteiger partial charge in [-0.05, 0) is 49.6 Å². The van der Waals surface area contributed by atoms with Gasteiger partial charge >= 0.3 is 6.03 Å². The molecule has 0 saturated carbocycles. The average Bonchev–Trinajstić information content (AvgIpc) is 2.92. The van der Waals surface area contributed by atoms with E-state index in [2.05, 4.69) is 34.2 Å². The van der Waals surface area contributed by atoms with Gasteiger partial charge in [-0.2, -0.15) is 0 Å². The summed E-state index contributed by atoms with van der Waals surface area (Å²) >= 11 is 9.47. The summed E-state index contributed by atoms with van der Waals surface area (Å²) in [5, 5.41) is 3.54. The van der Waals surface area contributed by atoms with E-state index in [0.29, 0.717) is 30.3 Å². The van der Waals surface area contributed by atoms with E-state index in [0.717, 1.165) is 16.6 Å². The van der Waals surface area contributed by atoms with Crippen molar-refractivity contribution in [3.63, 3.8) is 0 Å². The fourth-order valence-corrected chi connectivity index (χ4v) is 3.73. The summed E-state index contributed by atoms with van der Waals surface area (Å²) in [6, 6.07) is 13.7. The number of nitrogens with one attached hydrogen (secondary N) is 1. The number of hydrogen-bond donors (Lipinski definition) is 1. The van der Waals surface area contributed by atoms with Crippen LogP contribution in [0.15, 0.2) is 46.9 Å². The Bertz CT molecular complexity index is 769. The molecule has 4 nitrogen and oxygen atoms in total. The normalized spacial score (nSPS) is 15.8. The Morgan fingerprint density at radius 2 is 2.16 bits per heavy atom. The van der Waals surface area contributed by atoms with Gasteiger partial charge in [0.1, 0.15) is 5.75 Å². The Labute approximate surface area is 161 Å². The van der Waals surface area contributed by atoms with Crippen LogP contribution in [0.5, 0.6) is 5.75 Å². The fraction of sp³-hybridized carbons (Fsp3) is 0.316. The lowest BCUT2D eigenvalue weighted by Gasteiger charge is -2.23. The minimum absolute atomic E-state index is 0.0564. The third-order valence-corrected chi connectivity index (χ3v) is 4.96. The molecule has 0 aromatic heterocycles. The van der Waals surface area contributed by atoms with Crippen molar-refractivity contribution in [3.8, 4) is 5.75 Å². The minimum Gasteiger partial charge on any atom is -0.492 e. The van der Waals surface area contributed by atoms with E-state index >= 15 is 0 Å². The maximum absolute atomic E-state index is 12.5. The highest BCUT2D eigenvalue weighted by Gasteiger charge is 2.30. The number of urea groups is 1. The summed E-state index contributed by atoms with van der Waals surface area (Å²) in [4.78, 5) is 14.3. The van der Waals surface area contributed by atoms with Crippen LogP contribution in [-0.4, -0.2) is 25.2 Å². The lowest BCUT2D eigenvalue weighted by Crippen LogP contribution is -2.43. The van der Waals surface area contributed by atoms with E-state index in [1.54, 1.807) is 6.07 Å². The van der Waals surface area contributed by atoms with Crippen molar-refractivity contribution in [2.24, 2.45) is 0 Å². The Kier molecular flexibility index (Phi) is 5.86. The highest BCUT2D eigenvalue weighted by molar-refractivity contribution is 9.10. The van der Waals surface area contributed by atoms with Crippen LogP contribution in [0.1, 0.15) is 18.9 Å². The molecule has 0 aliphatic carbocycles. The topological polar surface area (TPSA) is 41.6 Å². The molecule has 2 aromatic rings. The van der Waals surface area contributed by atoms with Gasteiger partial charge in [-0.15, -0.1) is 0 Å². The number of fused-ring (bicyclic) bond motifs is 1. The number of benzene rings is 2. The van der Waals surface area contributed by atoms with E-state index in [-0.39, 0.29) is 12.1 Å². The molecular weight excluding hydrogens is 404 g/mol. The number of hydrogen-bond acceptors (Lipinski definition) is 2. The Morgan fingerprint density at radius 1 is 1.36 bits per heavy atom. The molecule has 25 heavy (non-hydrogen) atoms. The minimum atomic E-state index is -0.0564. The molecule has 1 heterocycles. The van der Waals surface area contributed by atoms with Gasteiger partial charge in [-0.25, -0.2) is 4.79 Å². The zero-order valence-corrected chi connectivity index (χ0v) is 16.3. The van der Waals surface area contributed by atoms with Crippen molar-refractivity contribution in [2.45, 2.75) is 25.8 Å². The first kappa shape index (κ1) is 18.1. The highest BCUT2D eigenvalue weighted by atomic mass is 79.9. The van der Waals surface area contributed by atoms with E-state index < -0.39 is 0 Å². The summed E-state index contributed by atoms with van der Waals surface area (Å²) in [7, 11) is 0. The van der Waals surface area contributed by atoms with Crippen molar-refractivity contribution in [1.29, 1.82) is 0 Å². The molecule has 1 aliphatic rings. The first-order valence-electron chi connectivity index (χ1n) is 8.29. The van der Waals surface area contributed by atoms with Crippen molar-refractivity contribution >= 4 is 39.2 Å². The molecule has 132 valence electrons. The lowest BCUT2D eigenvalue weighted by atomic mass is 10.1. The molecule has 2 amide bonds.